The van der Waals surface area contributed by atoms with Crippen molar-refractivity contribution < 1.29 is 4.79 Å². The largest absolute Gasteiger partial charge is 0.398 e. The summed E-state index contributed by atoms with van der Waals surface area (Å²) in [5.41, 5.74) is 7.69. The first-order chi connectivity index (χ1) is 9.58. The summed E-state index contributed by atoms with van der Waals surface area (Å²) in [7, 11) is 0. The number of carbonyl (C=O) groups excluding carboxylic acids is 1. The third kappa shape index (κ3) is 3.40. The summed E-state index contributed by atoms with van der Waals surface area (Å²) < 4.78 is 0. The zero-order valence-corrected chi connectivity index (χ0v) is 11.1. The minimum absolute atomic E-state index is 0.376. The van der Waals surface area contributed by atoms with Crippen molar-refractivity contribution in [3.63, 3.8) is 0 Å². The Morgan fingerprint density at radius 1 is 1.10 bits per heavy atom. The summed E-state index contributed by atoms with van der Waals surface area (Å²) >= 11 is 5.86. The van der Waals surface area contributed by atoms with Gasteiger partial charge in [-0.05, 0) is 42.5 Å². The standard InChI is InChI=1S/C14H11ClN4O/c15-12-7-11(5-6-13(12)17)19-14(20)18-10-3-1-9(8-16)2-4-10/h1-7H,17H2,(H2,18,19,20). The van der Waals surface area contributed by atoms with Crippen molar-refractivity contribution in [2.24, 2.45) is 0 Å². The Kier molecular flexibility index (Phi) is 4.08. The molecule has 2 aromatic rings. The third-order valence-electron chi connectivity index (χ3n) is 2.53. The van der Waals surface area contributed by atoms with Crippen molar-refractivity contribution in [3.05, 3.63) is 53.1 Å². The summed E-state index contributed by atoms with van der Waals surface area (Å²) in [5.74, 6) is 0. The fraction of sp³-hybridized carbons (Fsp3) is 0. The van der Waals surface area contributed by atoms with Gasteiger partial charge in [0.1, 0.15) is 0 Å². The fourth-order valence-electron chi connectivity index (χ4n) is 1.53. The molecule has 0 spiro atoms. The number of nitriles is 1. The van der Waals surface area contributed by atoms with Crippen molar-refractivity contribution in [2.75, 3.05) is 16.4 Å². The molecule has 0 aromatic heterocycles. The maximum atomic E-state index is 11.8. The first-order valence-electron chi connectivity index (χ1n) is 5.71. The molecule has 0 fully saturated rings. The maximum absolute atomic E-state index is 11.8. The number of anilines is 3. The molecule has 0 heterocycles. The second kappa shape index (κ2) is 5.95. The lowest BCUT2D eigenvalue weighted by Crippen LogP contribution is -2.19. The fourth-order valence-corrected chi connectivity index (χ4v) is 1.71. The van der Waals surface area contributed by atoms with Crippen LogP contribution in [-0.4, -0.2) is 6.03 Å². The molecule has 0 unspecified atom stereocenters. The molecule has 0 atom stereocenters. The van der Waals surface area contributed by atoms with Crippen LogP contribution in [0.3, 0.4) is 0 Å². The van der Waals surface area contributed by atoms with Gasteiger partial charge in [0, 0.05) is 11.4 Å². The number of nitrogens with one attached hydrogen (secondary N) is 2. The van der Waals surface area contributed by atoms with E-state index in [2.05, 4.69) is 10.6 Å². The minimum atomic E-state index is -0.407. The van der Waals surface area contributed by atoms with Crippen molar-refractivity contribution in [1.82, 2.24) is 0 Å². The molecule has 2 amide bonds. The predicted octanol–water partition coefficient (Wildman–Crippen LogP) is 3.44. The molecule has 20 heavy (non-hydrogen) atoms. The molecule has 2 aromatic carbocycles. The van der Waals surface area contributed by atoms with Crippen LogP contribution in [0.1, 0.15) is 5.56 Å². The molecule has 0 aliphatic rings. The predicted molar refractivity (Wildman–Crippen MR) is 79.7 cm³/mol. The number of carbonyl (C=O) groups is 1. The first kappa shape index (κ1) is 13.7. The van der Waals surface area contributed by atoms with Crippen molar-refractivity contribution >= 4 is 34.7 Å². The molecule has 6 heteroatoms. The van der Waals surface area contributed by atoms with E-state index >= 15 is 0 Å². The highest BCUT2D eigenvalue weighted by molar-refractivity contribution is 6.33. The molecular formula is C14H11ClN4O. The number of hydrogen-bond acceptors (Lipinski definition) is 3. The second-order valence-electron chi connectivity index (χ2n) is 4.00. The molecule has 0 bridgehead atoms. The van der Waals surface area contributed by atoms with Crippen molar-refractivity contribution in [1.29, 1.82) is 5.26 Å². The Morgan fingerprint density at radius 3 is 2.30 bits per heavy atom. The van der Waals surface area contributed by atoms with E-state index in [9.17, 15) is 4.79 Å². The molecule has 0 saturated heterocycles. The average molecular weight is 287 g/mol. The van der Waals surface area contributed by atoms with E-state index in [0.717, 1.165) is 0 Å². The number of amides is 2. The molecular weight excluding hydrogens is 276 g/mol. The lowest BCUT2D eigenvalue weighted by atomic mass is 10.2. The van der Waals surface area contributed by atoms with Crippen LogP contribution in [0, 0.1) is 11.3 Å². The highest BCUT2D eigenvalue weighted by Crippen LogP contribution is 2.22. The topological polar surface area (TPSA) is 90.9 Å². The molecule has 0 aliphatic carbocycles. The van der Waals surface area contributed by atoms with E-state index in [1.54, 1.807) is 42.5 Å². The number of hydrogen-bond donors (Lipinski definition) is 3. The highest BCUT2D eigenvalue weighted by Gasteiger charge is 2.04. The summed E-state index contributed by atoms with van der Waals surface area (Å²) in [6, 6.07) is 13.0. The second-order valence-corrected chi connectivity index (χ2v) is 4.41. The summed E-state index contributed by atoms with van der Waals surface area (Å²) in [5, 5.41) is 14.3. The van der Waals surface area contributed by atoms with Gasteiger partial charge in [0.25, 0.3) is 0 Å². The molecule has 100 valence electrons. The third-order valence-corrected chi connectivity index (χ3v) is 2.86. The van der Waals surface area contributed by atoms with Gasteiger partial charge in [-0.1, -0.05) is 11.6 Å². The van der Waals surface area contributed by atoms with Crippen LogP contribution >= 0.6 is 11.6 Å². The Bertz CT molecular complexity index is 677. The molecule has 4 N–H and O–H groups in total. The zero-order chi connectivity index (χ0) is 14.5. The summed E-state index contributed by atoms with van der Waals surface area (Å²) in [4.78, 5) is 11.8. The number of halogens is 1. The van der Waals surface area contributed by atoms with Crippen LogP contribution in [-0.2, 0) is 0 Å². The minimum Gasteiger partial charge on any atom is -0.398 e. The first-order valence-corrected chi connectivity index (χ1v) is 6.09. The number of urea groups is 1. The molecule has 0 radical (unpaired) electrons. The van der Waals surface area contributed by atoms with Crippen molar-refractivity contribution in [3.8, 4) is 6.07 Å². The highest BCUT2D eigenvalue weighted by atomic mass is 35.5. The van der Waals surface area contributed by atoms with Gasteiger partial charge in [-0.3, -0.25) is 0 Å². The van der Waals surface area contributed by atoms with Crippen LogP contribution in [0.2, 0.25) is 5.02 Å². The van der Waals surface area contributed by atoms with E-state index in [0.29, 0.717) is 27.6 Å². The van der Waals surface area contributed by atoms with Gasteiger partial charge in [0.05, 0.1) is 22.3 Å². The lowest BCUT2D eigenvalue weighted by molar-refractivity contribution is 0.262. The van der Waals surface area contributed by atoms with Crippen LogP contribution in [0.5, 0.6) is 0 Å². The van der Waals surface area contributed by atoms with Gasteiger partial charge in [-0.2, -0.15) is 5.26 Å². The van der Waals surface area contributed by atoms with Crippen molar-refractivity contribution in [2.45, 2.75) is 0 Å². The van der Waals surface area contributed by atoms with Crippen LogP contribution in [0.4, 0.5) is 21.9 Å². The molecule has 2 rings (SSSR count). The lowest BCUT2D eigenvalue weighted by Gasteiger charge is -2.08. The number of rotatable bonds is 2. The van der Waals surface area contributed by atoms with Gasteiger partial charge in [-0.15, -0.1) is 0 Å². The van der Waals surface area contributed by atoms with Gasteiger partial charge in [0.2, 0.25) is 0 Å². The van der Waals surface area contributed by atoms with Crippen LogP contribution < -0.4 is 16.4 Å². The van der Waals surface area contributed by atoms with E-state index < -0.39 is 6.03 Å². The number of nitrogens with two attached hydrogens (primary N) is 1. The Morgan fingerprint density at radius 2 is 1.70 bits per heavy atom. The number of benzene rings is 2. The average Bonchev–Trinajstić information content (AvgIpc) is 2.44. The van der Waals surface area contributed by atoms with E-state index in [-0.39, 0.29) is 0 Å². The van der Waals surface area contributed by atoms with Gasteiger partial charge in [-0.25, -0.2) is 4.79 Å². The van der Waals surface area contributed by atoms with Crippen LogP contribution in [0.15, 0.2) is 42.5 Å². The Labute approximate surface area is 121 Å². The van der Waals surface area contributed by atoms with Gasteiger partial charge >= 0.3 is 6.03 Å². The molecule has 0 saturated carbocycles. The Hall–Kier alpha value is -2.71. The Balaban J connectivity index is 2.01. The molecule has 5 nitrogen and oxygen atoms in total. The number of nitrogens with zero attached hydrogens (tertiary/aromatic N) is 1. The van der Waals surface area contributed by atoms with Crippen LogP contribution in [0.25, 0.3) is 0 Å². The van der Waals surface area contributed by atoms with E-state index in [1.807, 2.05) is 6.07 Å². The normalized spacial score (nSPS) is 9.60. The zero-order valence-electron chi connectivity index (χ0n) is 10.4. The molecule has 0 aliphatic heterocycles. The van der Waals surface area contributed by atoms with E-state index in [1.165, 1.54) is 0 Å². The van der Waals surface area contributed by atoms with Gasteiger partial charge < -0.3 is 16.4 Å². The maximum Gasteiger partial charge on any atom is 0.323 e. The smallest absolute Gasteiger partial charge is 0.323 e. The number of nitrogen functional groups attached to an aromatic ring is 1. The summed E-state index contributed by atoms with van der Waals surface area (Å²) in [6.45, 7) is 0. The summed E-state index contributed by atoms with van der Waals surface area (Å²) in [6.07, 6.45) is 0. The monoisotopic (exact) mass is 286 g/mol. The van der Waals surface area contributed by atoms with Gasteiger partial charge in [0.15, 0.2) is 0 Å². The quantitative estimate of drug-likeness (QED) is 0.739. The SMILES string of the molecule is N#Cc1ccc(NC(=O)Nc2ccc(N)c(Cl)c2)cc1. The van der Waals surface area contributed by atoms with E-state index in [4.69, 9.17) is 22.6 Å².